The van der Waals surface area contributed by atoms with Gasteiger partial charge in [0.1, 0.15) is 4.88 Å². The number of thiazole rings is 1. The summed E-state index contributed by atoms with van der Waals surface area (Å²) in [6.07, 6.45) is -1.75. The first-order valence-electron chi connectivity index (χ1n) is 4.93. The predicted molar refractivity (Wildman–Crippen MR) is 63.4 cm³/mol. The lowest BCUT2D eigenvalue weighted by molar-refractivity contribution is -0.141. The minimum Gasteiger partial charge on any atom is -0.330 e. The molecule has 1 aromatic rings. The number of hydrogen-bond acceptors (Lipinski definition) is 3. The van der Waals surface area contributed by atoms with Gasteiger partial charge in [-0.1, -0.05) is 12.2 Å². The van der Waals surface area contributed by atoms with Crippen LogP contribution in [-0.4, -0.2) is 28.9 Å². The molecule has 0 aromatic carbocycles. The maximum absolute atomic E-state index is 12.6. The first-order chi connectivity index (χ1) is 8.41. The van der Waals surface area contributed by atoms with Gasteiger partial charge >= 0.3 is 6.18 Å². The lowest BCUT2D eigenvalue weighted by Gasteiger charge is -2.19. The van der Waals surface area contributed by atoms with Crippen molar-refractivity contribution in [1.82, 2.24) is 9.88 Å². The van der Waals surface area contributed by atoms with Crippen LogP contribution in [0.4, 0.5) is 13.2 Å². The van der Waals surface area contributed by atoms with Crippen LogP contribution in [0.3, 0.4) is 0 Å². The first kappa shape index (κ1) is 14.4. The van der Waals surface area contributed by atoms with Crippen molar-refractivity contribution >= 4 is 17.2 Å². The van der Waals surface area contributed by atoms with Gasteiger partial charge in [0.05, 0.1) is 5.51 Å². The molecule has 18 heavy (non-hydrogen) atoms. The van der Waals surface area contributed by atoms with Gasteiger partial charge in [0.2, 0.25) is 0 Å². The summed E-state index contributed by atoms with van der Waals surface area (Å²) in [5.41, 5.74) is -0.133. The number of alkyl halides is 3. The van der Waals surface area contributed by atoms with E-state index in [1.165, 1.54) is 17.1 Å². The molecule has 0 aliphatic heterocycles. The second-order valence-electron chi connectivity index (χ2n) is 3.32. The number of aromatic nitrogens is 1. The molecule has 1 heterocycles. The third-order valence-corrected chi connectivity index (χ3v) is 2.83. The minimum absolute atomic E-state index is 0.153. The van der Waals surface area contributed by atoms with Gasteiger partial charge in [-0.25, -0.2) is 4.98 Å². The Hall–Kier alpha value is -1.63. The van der Waals surface area contributed by atoms with Gasteiger partial charge in [0, 0.05) is 13.1 Å². The summed E-state index contributed by atoms with van der Waals surface area (Å²) in [5, 5.41) is 0. The Kier molecular flexibility index (Phi) is 4.66. The summed E-state index contributed by atoms with van der Waals surface area (Å²) in [4.78, 5) is 16.0. The topological polar surface area (TPSA) is 33.2 Å². The van der Waals surface area contributed by atoms with Gasteiger partial charge in [-0.05, 0) is 0 Å². The van der Waals surface area contributed by atoms with E-state index in [9.17, 15) is 18.0 Å². The van der Waals surface area contributed by atoms with Crippen LogP contribution in [0.1, 0.15) is 15.4 Å². The zero-order chi connectivity index (χ0) is 13.8. The largest absolute Gasteiger partial charge is 0.434 e. The summed E-state index contributed by atoms with van der Waals surface area (Å²) < 4.78 is 37.8. The SMILES string of the molecule is C=CCN(CC=C)C(=O)c1scnc1C(F)(F)F. The van der Waals surface area contributed by atoms with Crippen LogP contribution in [0, 0.1) is 0 Å². The van der Waals surface area contributed by atoms with E-state index in [-0.39, 0.29) is 13.1 Å². The number of carbonyl (C=O) groups is 1. The van der Waals surface area contributed by atoms with Gasteiger partial charge in [0.15, 0.2) is 5.69 Å². The van der Waals surface area contributed by atoms with Crippen LogP contribution in [0.15, 0.2) is 30.8 Å². The normalized spacial score (nSPS) is 11.1. The number of nitrogens with zero attached hydrogens (tertiary/aromatic N) is 2. The Labute approximate surface area is 106 Å². The average molecular weight is 276 g/mol. The molecule has 1 amide bonds. The Bertz CT molecular complexity index is 443. The molecule has 0 saturated carbocycles. The highest BCUT2D eigenvalue weighted by molar-refractivity contribution is 7.11. The molecule has 0 fully saturated rings. The lowest BCUT2D eigenvalue weighted by atomic mass is 10.3. The Balaban J connectivity index is 3.05. The monoisotopic (exact) mass is 276 g/mol. The van der Waals surface area contributed by atoms with E-state index in [1.54, 1.807) is 0 Å². The van der Waals surface area contributed by atoms with E-state index >= 15 is 0 Å². The van der Waals surface area contributed by atoms with Crippen LogP contribution < -0.4 is 0 Å². The van der Waals surface area contributed by atoms with E-state index in [0.717, 1.165) is 5.51 Å². The zero-order valence-corrected chi connectivity index (χ0v) is 10.2. The molecule has 3 nitrogen and oxygen atoms in total. The second-order valence-corrected chi connectivity index (χ2v) is 4.17. The van der Waals surface area contributed by atoms with Gasteiger partial charge in [0.25, 0.3) is 5.91 Å². The molecule has 0 atom stereocenters. The van der Waals surface area contributed by atoms with Crippen LogP contribution in [0.5, 0.6) is 0 Å². The van der Waals surface area contributed by atoms with Gasteiger partial charge in [-0.3, -0.25) is 4.79 Å². The average Bonchev–Trinajstić information content (AvgIpc) is 2.76. The minimum atomic E-state index is -4.63. The molecule has 0 aliphatic carbocycles. The van der Waals surface area contributed by atoms with Crippen molar-refractivity contribution in [2.75, 3.05) is 13.1 Å². The third-order valence-electron chi connectivity index (χ3n) is 2.02. The Morgan fingerprint density at radius 1 is 1.39 bits per heavy atom. The number of hydrogen-bond donors (Lipinski definition) is 0. The van der Waals surface area contributed by atoms with E-state index in [1.807, 2.05) is 0 Å². The van der Waals surface area contributed by atoms with Gasteiger partial charge in [-0.15, -0.1) is 24.5 Å². The molecule has 0 saturated heterocycles. The van der Waals surface area contributed by atoms with Crippen LogP contribution in [0.2, 0.25) is 0 Å². The molecule has 0 aliphatic rings. The van der Waals surface area contributed by atoms with Gasteiger partial charge < -0.3 is 4.90 Å². The molecule has 0 N–H and O–H groups in total. The van der Waals surface area contributed by atoms with Crippen molar-refractivity contribution in [2.45, 2.75) is 6.18 Å². The highest BCUT2D eigenvalue weighted by Crippen LogP contribution is 2.33. The molecular weight excluding hydrogens is 265 g/mol. The van der Waals surface area contributed by atoms with E-state index < -0.39 is 22.7 Å². The molecule has 0 radical (unpaired) electrons. The maximum atomic E-state index is 12.6. The fraction of sp³-hybridized carbons (Fsp3) is 0.273. The first-order valence-corrected chi connectivity index (χ1v) is 5.81. The standard InChI is InChI=1S/C11H11F3N2OS/c1-3-5-16(6-4-2)10(17)8-9(11(12,13)14)15-7-18-8/h3-4,7H,1-2,5-6H2. The number of rotatable bonds is 5. The van der Waals surface area contributed by atoms with Crippen LogP contribution >= 0.6 is 11.3 Å². The fourth-order valence-corrected chi connectivity index (χ4v) is 2.07. The van der Waals surface area contributed by atoms with Crippen LogP contribution in [-0.2, 0) is 6.18 Å². The number of halogens is 3. The number of carbonyl (C=O) groups excluding carboxylic acids is 1. The maximum Gasteiger partial charge on any atom is 0.434 e. The smallest absolute Gasteiger partial charge is 0.330 e. The van der Waals surface area contributed by atoms with E-state index in [0.29, 0.717) is 11.3 Å². The van der Waals surface area contributed by atoms with Crippen molar-refractivity contribution in [3.8, 4) is 0 Å². The predicted octanol–water partition coefficient (Wildman–Crippen LogP) is 2.98. The highest BCUT2D eigenvalue weighted by atomic mass is 32.1. The molecule has 0 unspecified atom stereocenters. The van der Waals surface area contributed by atoms with Gasteiger partial charge in [-0.2, -0.15) is 13.2 Å². The molecule has 1 rings (SSSR count). The number of amides is 1. The van der Waals surface area contributed by atoms with Crippen molar-refractivity contribution in [1.29, 1.82) is 0 Å². The Morgan fingerprint density at radius 3 is 2.39 bits per heavy atom. The Morgan fingerprint density at radius 2 is 1.94 bits per heavy atom. The van der Waals surface area contributed by atoms with E-state index in [4.69, 9.17) is 0 Å². The second kappa shape index (κ2) is 5.81. The van der Waals surface area contributed by atoms with Crippen molar-refractivity contribution in [3.63, 3.8) is 0 Å². The lowest BCUT2D eigenvalue weighted by Crippen LogP contribution is -2.32. The molecule has 98 valence electrons. The quantitative estimate of drug-likeness (QED) is 0.775. The molecule has 1 aromatic heterocycles. The summed E-state index contributed by atoms with van der Waals surface area (Å²) >= 11 is 0.674. The molecule has 0 bridgehead atoms. The summed E-state index contributed by atoms with van der Waals surface area (Å²) in [5.74, 6) is -0.718. The molecular formula is C11H11F3N2OS. The molecule has 0 spiro atoms. The summed E-state index contributed by atoms with van der Waals surface area (Å²) in [7, 11) is 0. The zero-order valence-electron chi connectivity index (χ0n) is 9.41. The van der Waals surface area contributed by atoms with Crippen molar-refractivity contribution in [3.05, 3.63) is 41.4 Å². The highest BCUT2D eigenvalue weighted by Gasteiger charge is 2.39. The van der Waals surface area contributed by atoms with E-state index in [2.05, 4.69) is 18.1 Å². The van der Waals surface area contributed by atoms with Crippen molar-refractivity contribution < 1.29 is 18.0 Å². The fourth-order valence-electron chi connectivity index (χ4n) is 1.30. The third kappa shape index (κ3) is 3.19. The summed E-state index contributed by atoms with van der Waals surface area (Å²) in [6.45, 7) is 7.22. The molecule has 7 heteroatoms. The van der Waals surface area contributed by atoms with Crippen molar-refractivity contribution in [2.24, 2.45) is 0 Å². The summed E-state index contributed by atoms with van der Waals surface area (Å²) in [6, 6.07) is 0. The van der Waals surface area contributed by atoms with Crippen LogP contribution in [0.25, 0.3) is 0 Å².